The summed E-state index contributed by atoms with van der Waals surface area (Å²) in [7, 11) is 0. The SMILES string of the molecule is CC1(C)CC(Nc2cccc(Cl)c2Br)CC(C)(C)C1. The lowest BCUT2D eigenvalue weighted by molar-refractivity contribution is 0.105. The molecule has 0 amide bonds. The van der Waals surface area contributed by atoms with Crippen molar-refractivity contribution in [1.82, 2.24) is 0 Å². The normalized spacial score (nSPS) is 22.2. The largest absolute Gasteiger partial charge is 0.381 e. The number of hydrogen-bond donors (Lipinski definition) is 1. The van der Waals surface area contributed by atoms with Crippen LogP contribution in [0, 0.1) is 10.8 Å². The number of halogens is 2. The highest BCUT2D eigenvalue weighted by Gasteiger charge is 2.38. The van der Waals surface area contributed by atoms with Gasteiger partial charge in [-0.2, -0.15) is 0 Å². The van der Waals surface area contributed by atoms with Crippen LogP contribution in [-0.4, -0.2) is 6.04 Å². The highest BCUT2D eigenvalue weighted by atomic mass is 79.9. The zero-order chi connectivity index (χ0) is 14.3. The molecule has 1 aromatic rings. The molecular weight excluding hydrogens is 322 g/mol. The van der Waals surface area contributed by atoms with Crippen LogP contribution >= 0.6 is 27.5 Å². The van der Waals surface area contributed by atoms with Crippen LogP contribution in [0.15, 0.2) is 22.7 Å². The van der Waals surface area contributed by atoms with Crippen molar-refractivity contribution < 1.29 is 0 Å². The smallest absolute Gasteiger partial charge is 0.0593 e. The average Bonchev–Trinajstić information content (AvgIpc) is 2.20. The van der Waals surface area contributed by atoms with E-state index in [1.54, 1.807) is 0 Å². The number of benzene rings is 1. The molecule has 3 heteroatoms. The minimum absolute atomic E-state index is 0.393. The van der Waals surface area contributed by atoms with Crippen molar-refractivity contribution in [2.45, 2.75) is 53.0 Å². The van der Waals surface area contributed by atoms with E-state index >= 15 is 0 Å². The molecule has 2 rings (SSSR count). The highest BCUT2D eigenvalue weighted by Crippen LogP contribution is 2.46. The minimum atomic E-state index is 0.393. The van der Waals surface area contributed by atoms with Crippen LogP contribution in [0.5, 0.6) is 0 Å². The van der Waals surface area contributed by atoms with E-state index < -0.39 is 0 Å². The third-order valence-corrected chi connectivity index (χ3v) is 5.26. The second-order valence-corrected chi connectivity index (χ2v) is 8.56. The first-order valence-corrected chi connectivity index (χ1v) is 8.06. The van der Waals surface area contributed by atoms with E-state index in [2.05, 4.69) is 55.0 Å². The van der Waals surface area contributed by atoms with Gasteiger partial charge in [0, 0.05) is 6.04 Å². The quantitative estimate of drug-likeness (QED) is 0.681. The number of anilines is 1. The Bertz CT molecular complexity index is 452. The first kappa shape index (κ1) is 15.2. The molecule has 0 radical (unpaired) electrons. The molecule has 0 unspecified atom stereocenters. The summed E-state index contributed by atoms with van der Waals surface area (Å²) in [5.74, 6) is 0. The number of rotatable bonds is 2. The zero-order valence-electron chi connectivity index (χ0n) is 12.2. The Labute approximate surface area is 130 Å². The second-order valence-electron chi connectivity index (χ2n) is 7.36. The van der Waals surface area contributed by atoms with Gasteiger partial charge in [-0.15, -0.1) is 0 Å². The standard InChI is InChI=1S/C16H23BrClN/c1-15(2)8-11(9-16(3,4)10-15)19-13-7-5-6-12(18)14(13)17/h5-7,11,19H,8-10H2,1-4H3. The molecule has 0 heterocycles. The summed E-state index contributed by atoms with van der Waals surface area (Å²) in [6.45, 7) is 9.48. The fourth-order valence-corrected chi connectivity index (χ4v) is 4.34. The summed E-state index contributed by atoms with van der Waals surface area (Å²) < 4.78 is 0.970. The van der Waals surface area contributed by atoms with Crippen LogP contribution in [0.4, 0.5) is 5.69 Å². The molecule has 0 aromatic heterocycles. The molecule has 0 atom stereocenters. The van der Waals surface area contributed by atoms with Gasteiger partial charge in [-0.1, -0.05) is 45.4 Å². The fourth-order valence-electron chi connectivity index (χ4n) is 3.78. The van der Waals surface area contributed by atoms with Crippen LogP contribution in [0.2, 0.25) is 5.02 Å². The molecular formula is C16H23BrClN. The lowest BCUT2D eigenvalue weighted by Crippen LogP contribution is -2.40. The van der Waals surface area contributed by atoms with E-state index in [-0.39, 0.29) is 0 Å². The Hall–Kier alpha value is -0.210. The fraction of sp³-hybridized carbons (Fsp3) is 0.625. The Morgan fingerprint density at radius 1 is 1.16 bits per heavy atom. The molecule has 1 aromatic carbocycles. The van der Waals surface area contributed by atoms with Crippen LogP contribution in [0.25, 0.3) is 0 Å². The van der Waals surface area contributed by atoms with Gasteiger partial charge in [0.2, 0.25) is 0 Å². The van der Waals surface area contributed by atoms with Crippen molar-refractivity contribution in [1.29, 1.82) is 0 Å². The maximum atomic E-state index is 6.16. The predicted molar refractivity (Wildman–Crippen MR) is 88.0 cm³/mol. The zero-order valence-corrected chi connectivity index (χ0v) is 14.5. The lowest BCUT2D eigenvalue weighted by Gasteiger charge is -2.45. The first-order valence-electron chi connectivity index (χ1n) is 6.89. The van der Waals surface area contributed by atoms with E-state index in [1.807, 2.05) is 12.1 Å². The molecule has 1 fully saturated rings. The van der Waals surface area contributed by atoms with Crippen LogP contribution in [0.3, 0.4) is 0 Å². The Kier molecular flexibility index (Phi) is 4.23. The summed E-state index contributed by atoms with van der Waals surface area (Å²) in [4.78, 5) is 0. The van der Waals surface area contributed by atoms with Crippen molar-refractivity contribution in [3.8, 4) is 0 Å². The van der Waals surface area contributed by atoms with Gasteiger partial charge in [-0.25, -0.2) is 0 Å². The van der Waals surface area contributed by atoms with Crippen molar-refractivity contribution >= 4 is 33.2 Å². The average molecular weight is 345 g/mol. The van der Waals surface area contributed by atoms with E-state index in [0.29, 0.717) is 16.9 Å². The Balaban J connectivity index is 2.16. The molecule has 1 saturated carbocycles. The van der Waals surface area contributed by atoms with E-state index in [9.17, 15) is 0 Å². The van der Waals surface area contributed by atoms with E-state index in [1.165, 1.54) is 19.3 Å². The summed E-state index contributed by atoms with van der Waals surface area (Å²) in [6.07, 6.45) is 3.69. The topological polar surface area (TPSA) is 12.0 Å². The molecule has 0 bridgehead atoms. The molecule has 0 aliphatic heterocycles. The molecule has 1 aliphatic carbocycles. The third kappa shape index (κ3) is 3.88. The van der Waals surface area contributed by atoms with Crippen molar-refractivity contribution in [3.05, 3.63) is 27.7 Å². The molecule has 0 saturated heterocycles. The summed E-state index contributed by atoms with van der Waals surface area (Å²) in [6, 6.07) is 6.50. The molecule has 1 N–H and O–H groups in total. The Morgan fingerprint density at radius 3 is 2.32 bits per heavy atom. The van der Waals surface area contributed by atoms with Gasteiger partial charge in [0.15, 0.2) is 0 Å². The van der Waals surface area contributed by atoms with Crippen LogP contribution < -0.4 is 5.32 Å². The summed E-state index contributed by atoms with van der Waals surface area (Å²) in [5, 5.41) is 4.43. The van der Waals surface area contributed by atoms with Crippen LogP contribution in [-0.2, 0) is 0 Å². The van der Waals surface area contributed by atoms with Crippen LogP contribution in [0.1, 0.15) is 47.0 Å². The molecule has 1 aliphatic rings. The highest BCUT2D eigenvalue weighted by molar-refractivity contribution is 9.10. The third-order valence-electron chi connectivity index (χ3n) is 3.87. The molecule has 106 valence electrons. The lowest BCUT2D eigenvalue weighted by atomic mass is 9.63. The van der Waals surface area contributed by atoms with Gasteiger partial charge in [-0.3, -0.25) is 0 Å². The van der Waals surface area contributed by atoms with Gasteiger partial charge in [0.25, 0.3) is 0 Å². The van der Waals surface area contributed by atoms with Gasteiger partial charge in [0.1, 0.15) is 0 Å². The molecule has 1 nitrogen and oxygen atoms in total. The van der Waals surface area contributed by atoms with E-state index in [4.69, 9.17) is 11.6 Å². The minimum Gasteiger partial charge on any atom is -0.381 e. The Morgan fingerprint density at radius 2 is 1.74 bits per heavy atom. The predicted octanol–water partition coefficient (Wildman–Crippen LogP) is 6.12. The van der Waals surface area contributed by atoms with E-state index in [0.717, 1.165) is 15.2 Å². The number of nitrogens with one attached hydrogen (secondary N) is 1. The van der Waals surface area contributed by atoms with Gasteiger partial charge in [0.05, 0.1) is 15.2 Å². The summed E-state index contributed by atoms with van der Waals surface area (Å²) >= 11 is 9.73. The second kappa shape index (κ2) is 5.29. The van der Waals surface area contributed by atoms with Crippen molar-refractivity contribution in [2.24, 2.45) is 10.8 Å². The molecule has 19 heavy (non-hydrogen) atoms. The van der Waals surface area contributed by atoms with Gasteiger partial charge in [-0.05, 0) is 58.2 Å². The number of hydrogen-bond acceptors (Lipinski definition) is 1. The summed E-state index contributed by atoms with van der Waals surface area (Å²) in [5.41, 5.74) is 1.89. The first-order chi connectivity index (χ1) is 8.69. The van der Waals surface area contributed by atoms with Crippen molar-refractivity contribution in [3.63, 3.8) is 0 Å². The van der Waals surface area contributed by atoms with Gasteiger partial charge >= 0.3 is 0 Å². The maximum Gasteiger partial charge on any atom is 0.0593 e. The van der Waals surface area contributed by atoms with Crippen molar-refractivity contribution in [2.75, 3.05) is 5.32 Å². The molecule has 0 spiro atoms. The maximum absolute atomic E-state index is 6.16. The monoisotopic (exact) mass is 343 g/mol. The van der Waals surface area contributed by atoms with Gasteiger partial charge < -0.3 is 5.32 Å².